The van der Waals surface area contributed by atoms with Crippen molar-refractivity contribution in [3.8, 4) is 0 Å². The van der Waals surface area contributed by atoms with E-state index in [9.17, 15) is 14.9 Å². The van der Waals surface area contributed by atoms with Crippen LogP contribution < -0.4 is 10.6 Å². The van der Waals surface area contributed by atoms with Crippen molar-refractivity contribution in [2.75, 3.05) is 18.4 Å². The number of carbonyl (C=O) groups is 1. The van der Waals surface area contributed by atoms with Crippen LogP contribution in [0.1, 0.15) is 25.8 Å². The van der Waals surface area contributed by atoms with E-state index in [1.54, 1.807) is 19.1 Å². The molecule has 0 radical (unpaired) electrons. The molecule has 1 aromatic rings. The number of nitrogens with zero attached hydrogens (tertiary/aromatic N) is 1. The van der Waals surface area contributed by atoms with Gasteiger partial charge in [-0.3, -0.25) is 14.9 Å². The normalized spacial score (nSPS) is 10.4. The molecule has 0 aliphatic carbocycles. The van der Waals surface area contributed by atoms with Gasteiger partial charge in [-0.05, 0) is 25.0 Å². The van der Waals surface area contributed by atoms with Crippen LogP contribution in [0.2, 0.25) is 0 Å². The van der Waals surface area contributed by atoms with E-state index < -0.39 is 4.92 Å². The van der Waals surface area contributed by atoms with Gasteiger partial charge in [0.05, 0.1) is 4.92 Å². The van der Waals surface area contributed by atoms with Crippen LogP contribution in [0.25, 0.3) is 0 Å². The third-order valence-corrected chi connectivity index (χ3v) is 2.78. The molecule has 20 heavy (non-hydrogen) atoms. The zero-order valence-electron chi connectivity index (χ0n) is 12.1. The summed E-state index contributed by atoms with van der Waals surface area (Å²) >= 11 is 0. The summed E-state index contributed by atoms with van der Waals surface area (Å²) in [5.41, 5.74) is 1.49. The second-order valence-electron chi connectivity index (χ2n) is 5.13. The molecule has 0 fully saturated rings. The van der Waals surface area contributed by atoms with E-state index in [2.05, 4.69) is 10.6 Å². The third-order valence-electron chi connectivity index (χ3n) is 2.78. The van der Waals surface area contributed by atoms with Gasteiger partial charge in [0.2, 0.25) is 5.91 Å². The Hall–Kier alpha value is -2.11. The van der Waals surface area contributed by atoms with Gasteiger partial charge in [-0.2, -0.15) is 0 Å². The largest absolute Gasteiger partial charge is 0.385 e. The second-order valence-corrected chi connectivity index (χ2v) is 5.13. The quantitative estimate of drug-likeness (QED) is 0.593. The first-order valence-corrected chi connectivity index (χ1v) is 6.65. The van der Waals surface area contributed by atoms with Crippen LogP contribution in [-0.4, -0.2) is 23.9 Å². The van der Waals surface area contributed by atoms with Gasteiger partial charge in [0.25, 0.3) is 5.69 Å². The van der Waals surface area contributed by atoms with Crippen molar-refractivity contribution in [2.45, 2.75) is 27.2 Å². The lowest BCUT2D eigenvalue weighted by Gasteiger charge is -2.09. The Morgan fingerprint density at radius 1 is 1.40 bits per heavy atom. The minimum absolute atomic E-state index is 0.00448. The number of carbonyl (C=O) groups excluding carboxylic acids is 1. The van der Waals surface area contributed by atoms with Crippen LogP contribution in [0.15, 0.2) is 18.2 Å². The summed E-state index contributed by atoms with van der Waals surface area (Å²) in [6.45, 7) is 6.95. The molecule has 1 aromatic carbocycles. The number of benzene rings is 1. The highest BCUT2D eigenvalue weighted by atomic mass is 16.6. The molecule has 0 atom stereocenters. The van der Waals surface area contributed by atoms with Crippen molar-refractivity contribution in [3.05, 3.63) is 33.9 Å². The van der Waals surface area contributed by atoms with Gasteiger partial charge >= 0.3 is 0 Å². The van der Waals surface area contributed by atoms with Gasteiger partial charge in [-0.1, -0.05) is 13.8 Å². The summed E-state index contributed by atoms with van der Waals surface area (Å²) < 4.78 is 0. The van der Waals surface area contributed by atoms with Crippen LogP contribution >= 0.6 is 0 Å². The highest BCUT2D eigenvalue weighted by Crippen LogP contribution is 2.21. The number of hydrogen-bond donors (Lipinski definition) is 2. The molecule has 0 bridgehead atoms. The van der Waals surface area contributed by atoms with Crippen LogP contribution in [0.3, 0.4) is 0 Å². The van der Waals surface area contributed by atoms with Crippen molar-refractivity contribution >= 4 is 17.3 Å². The molecule has 0 unspecified atom stereocenters. The molecule has 1 rings (SSSR count). The first-order chi connectivity index (χ1) is 9.40. The minimum Gasteiger partial charge on any atom is -0.385 e. The number of anilines is 1. The number of nitro groups is 1. The van der Waals surface area contributed by atoms with Crippen LogP contribution in [-0.2, 0) is 4.79 Å². The van der Waals surface area contributed by atoms with Crippen molar-refractivity contribution in [1.82, 2.24) is 5.32 Å². The van der Waals surface area contributed by atoms with Gasteiger partial charge < -0.3 is 10.6 Å². The fourth-order valence-electron chi connectivity index (χ4n) is 1.70. The zero-order chi connectivity index (χ0) is 15.1. The molecule has 0 saturated heterocycles. The van der Waals surface area contributed by atoms with Crippen molar-refractivity contribution < 1.29 is 9.72 Å². The molecule has 0 aliphatic heterocycles. The number of amides is 1. The molecular weight excluding hydrogens is 258 g/mol. The van der Waals surface area contributed by atoms with Crippen LogP contribution in [0.4, 0.5) is 11.4 Å². The third kappa shape index (κ3) is 5.26. The van der Waals surface area contributed by atoms with Gasteiger partial charge in [0, 0.05) is 36.8 Å². The van der Waals surface area contributed by atoms with E-state index in [1.165, 1.54) is 6.07 Å². The van der Waals surface area contributed by atoms with E-state index in [4.69, 9.17) is 0 Å². The lowest BCUT2D eigenvalue weighted by molar-refractivity contribution is -0.385. The maximum absolute atomic E-state index is 11.5. The van der Waals surface area contributed by atoms with Crippen LogP contribution in [0.5, 0.6) is 0 Å². The summed E-state index contributed by atoms with van der Waals surface area (Å²) in [5.74, 6) is 0.439. The predicted molar refractivity (Wildman–Crippen MR) is 78.8 cm³/mol. The molecule has 6 heteroatoms. The standard InChI is InChI=1S/C14H21N3O3/c1-10(2)9-16-14(18)6-7-15-12-4-5-13(17(19)20)11(3)8-12/h4-5,8,10,15H,6-7,9H2,1-3H3,(H,16,18). The lowest BCUT2D eigenvalue weighted by Crippen LogP contribution is -2.28. The average molecular weight is 279 g/mol. The molecule has 0 heterocycles. The minimum atomic E-state index is -0.404. The second kappa shape index (κ2) is 7.47. The summed E-state index contributed by atoms with van der Waals surface area (Å²) in [6.07, 6.45) is 0.378. The number of nitro benzene ring substituents is 1. The fourth-order valence-corrected chi connectivity index (χ4v) is 1.70. The van der Waals surface area contributed by atoms with E-state index in [-0.39, 0.29) is 11.6 Å². The first kappa shape index (κ1) is 15.9. The van der Waals surface area contributed by atoms with E-state index in [0.717, 1.165) is 5.69 Å². The van der Waals surface area contributed by atoms with Crippen molar-refractivity contribution in [2.24, 2.45) is 5.92 Å². The Labute approximate surface area is 118 Å². The Morgan fingerprint density at radius 2 is 2.10 bits per heavy atom. The number of rotatable bonds is 7. The fraction of sp³-hybridized carbons (Fsp3) is 0.500. The van der Waals surface area contributed by atoms with E-state index in [1.807, 2.05) is 13.8 Å². The van der Waals surface area contributed by atoms with Crippen molar-refractivity contribution in [1.29, 1.82) is 0 Å². The number of hydrogen-bond acceptors (Lipinski definition) is 4. The molecule has 6 nitrogen and oxygen atoms in total. The first-order valence-electron chi connectivity index (χ1n) is 6.65. The Morgan fingerprint density at radius 3 is 2.65 bits per heavy atom. The molecular formula is C14H21N3O3. The molecule has 1 amide bonds. The average Bonchev–Trinajstić information content (AvgIpc) is 2.36. The molecule has 0 spiro atoms. The Balaban J connectivity index is 2.41. The Bertz CT molecular complexity index is 487. The summed E-state index contributed by atoms with van der Waals surface area (Å²) in [6, 6.07) is 4.83. The zero-order valence-corrected chi connectivity index (χ0v) is 12.1. The highest BCUT2D eigenvalue weighted by Gasteiger charge is 2.10. The van der Waals surface area contributed by atoms with Gasteiger partial charge in [0.1, 0.15) is 0 Å². The van der Waals surface area contributed by atoms with E-state index >= 15 is 0 Å². The monoisotopic (exact) mass is 279 g/mol. The maximum Gasteiger partial charge on any atom is 0.272 e. The SMILES string of the molecule is Cc1cc(NCCC(=O)NCC(C)C)ccc1[N+](=O)[O-]. The number of nitrogens with one attached hydrogen (secondary N) is 2. The highest BCUT2D eigenvalue weighted by molar-refractivity contribution is 5.76. The maximum atomic E-state index is 11.5. The predicted octanol–water partition coefficient (Wildman–Crippen LogP) is 2.48. The van der Waals surface area contributed by atoms with E-state index in [0.29, 0.717) is 31.0 Å². The molecule has 0 saturated carbocycles. The lowest BCUT2D eigenvalue weighted by atomic mass is 10.2. The number of aryl methyl sites for hydroxylation is 1. The van der Waals surface area contributed by atoms with Gasteiger partial charge in [-0.15, -0.1) is 0 Å². The van der Waals surface area contributed by atoms with Crippen LogP contribution in [0, 0.1) is 23.0 Å². The molecule has 2 N–H and O–H groups in total. The van der Waals surface area contributed by atoms with Crippen molar-refractivity contribution in [3.63, 3.8) is 0 Å². The topological polar surface area (TPSA) is 84.3 Å². The summed E-state index contributed by atoms with van der Waals surface area (Å²) in [4.78, 5) is 21.8. The smallest absolute Gasteiger partial charge is 0.272 e. The molecule has 110 valence electrons. The van der Waals surface area contributed by atoms with Gasteiger partial charge in [0.15, 0.2) is 0 Å². The summed E-state index contributed by atoms with van der Waals surface area (Å²) in [5, 5.41) is 16.6. The Kier molecular flexibility index (Phi) is 5.96. The van der Waals surface area contributed by atoms with Gasteiger partial charge in [-0.25, -0.2) is 0 Å². The summed E-state index contributed by atoms with van der Waals surface area (Å²) in [7, 11) is 0. The molecule has 0 aromatic heterocycles. The molecule has 0 aliphatic rings.